The number of anilines is 1. The van der Waals surface area contributed by atoms with Crippen molar-refractivity contribution in [3.63, 3.8) is 0 Å². The predicted octanol–water partition coefficient (Wildman–Crippen LogP) is 3.69. The summed E-state index contributed by atoms with van der Waals surface area (Å²) in [6.07, 6.45) is 5.49. The summed E-state index contributed by atoms with van der Waals surface area (Å²) in [7, 11) is 1.93. The smallest absolute Gasteiger partial charge is 0.119 e. The van der Waals surface area contributed by atoms with Gasteiger partial charge in [0.2, 0.25) is 0 Å². The van der Waals surface area contributed by atoms with Gasteiger partial charge in [0, 0.05) is 12.7 Å². The van der Waals surface area contributed by atoms with Crippen LogP contribution in [-0.4, -0.2) is 13.2 Å². The number of benzene rings is 1. The van der Waals surface area contributed by atoms with E-state index in [1.165, 1.54) is 25.7 Å². The third kappa shape index (κ3) is 2.91. The van der Waals surface area contributed by atoms with Crippen molar-refractivity contribution in [1.29, 1.82) is 0 Å². The second kappa shape index (κ2) is 5.24. The average molecular weight is 219 g/mol. The Morgan fingerprint density at radius 1 is 1.19 bits per heavy atom. The lowest BCUT2D eigenvalue weighted by atomic mass is 9.89. The fourth-order valence-electron chi connectivity index (χ4n) is 2.38. The lowest BCUT2D eigenvalue weighted by molar-refractivity contribution is 0.129. The van der Waals surface area contributed by atoms with Crippen LogP contribution in [0.1, 0.15) is 32.6 Å². The van der Waals surface area contributed by atoms with Gasteiger partial charge >= 0.3 is 0 Å². The summed E-state index contributed by atoms with van der Waals surface area (Å²) >= 11 is 0. The maximum Gasteiger partial charge on any atom is 0.119 e. The minimum atomic E-state index is 0.421. The highest BCUT2D eigenvalue weighted by molar-refractivity contribution is 5.45. The number of ether oxygens (including phenoxy) is 1. The molecule has 0 bridgehead atoms. The molecule has 1 saturated carbocycles. The van der Waals surface area contributed by atoms with E-state index in [-0.39, 0.29) is 0 Å². The molecule has 1 N–H and O–H groups in total. The minimum absolute atomic E-state index is 0.421. The third-order valence-electron chi connectivity index (χ3n) is 3.33. The van der Waals surface area contributed by atoms with Gasteiger partial charge < -0.3 is 10.1 Å². The van der Waals surface area contributed by atoms with E-state index in [0.717, 1.165) is 17.4 Å². The average Bonchev–Trinajstić information content (AvgIpc) is 2.30. The molecule has 1 aliphatic carbocycles. The van der Waals surface area contributed by atoms with E-state index in [9.17, 15) is 0 Å². The Morgan fingerprint density at radius 2 is 1.94 bits per heavy atom. The zero-order chi connectivity index (χ0) is 11.4. The predicted molar refractivity (Wildman–Crippen MR) is 68.0 cm³/mol. The number of nitrogens with one attached hydrogen (secondary N) is 1. The first kappa shape index (κ1) is 11.3. The first-order chi connectivity index (χ1) is 7.78. The van der Waals surface area contributed by atoms with Gasteiger partial charge in [-0.25, -0.2) is 0 Å². The molecule has 0 saturated heterocycles. The molecule has 1 aliphatic rings. The summed E-state index contributed by atoms with van der Waals surface area (Å²) < 4.78 is 6.00. The third-order valence-corrected chi connectivity index (χ3v) is 3.33. The van der Waals surface area contributed by atoms with E-state index in [1.54, 1.807) is 0 Å². The number of rotatable bonds is 3. The van der Waals surface area contributed by atoms with Gasteiger partial charge in [0.05, 0.1) is 6.10 Å². The van der Waals surface area contributed by atoms with E-state index >= 15 is 0 Å². The highest BCUT2D eigenvalue weighted by Gasteiger charge is 2.19. The molecule has 16 heavy (non-hydrogen) atoms. The lowest BCUT2D eigenvalue weighted by Gasteiger charge is -2.27. The summed E-state index contributed by atoms with van der Waals surface area (Å²) in [6.45, 7) is 2.32. The Morgan fingerprint density at radius 3 is 2.56 bits per heavy atom. The Hall–Kier alpha value is -1.18. The molecule has 0 radical (unpaired) electrons. The van der Waals surface area contributed by atoms with E-state index in [1.807, 2.05) is 19.2 Å². The monoisotopic (exact) mass is 219 g/mol. The van der Waals surface area contributed by atoms with Crippen molar-refractivity contribution in [2.75, 3.05) is 12.4 Å². The van der Waals surface area contributed by atoms with Crippen LogP contribution in [0.15, 0.2) is 24.3 Å². The zero-order valence-corrected chi connectivity index (χ0v) is 10.2. The zero-order valence-electron chi connectivity index (χ0n) is 10.2. The van der Waals surface area contributed by atoms with Gasteiger partial charge in [0.15, 0.2) is 0 Å². The fraction of sp³-hybridized carbons (Fsp3) is 0.571. The molecular weight excluding hydrogens is 198 g/mol. The summed E-state index contributed by atoms with van der Waals surface area (Å²) in [5.41, 5.74) is 1.13. The minimum Gasteiger partial charge on any atom is -0.490 e. The molecule has 0 amide bonds. The van der Waals surface area contributed by atoms with Crippen LogP contribution in [0.4, 0.5) is 5.69 Å². The number of hydrogen-bond acceptors (Lipinski definition) is 2. The topological polar surface area (TPSA) is 21.3 Å². The van der Waals surface area contributed by atoms with Gasteiger partial charge in [-0.2, -0.15) is 0 Å². The van der Waals surface area contributed by atoms with E-state index in [2.05, 4.69) is 24.4 Å². The van der Waals surface area contributed by atoms with Crippen LogP contribution in [0.2, 0.25) is 0 Å². The molecule has 2 rings (SSSR count). The molecule has 2 heteroatoms. The summed E-state index contributed by atoms with van der Waals surface area (Å²) in [5, 5.41) is 3.11. The van der Waals surface area contributed by atoms with Gasteiger partial charge in [-0.05, 0) is 49.4 Å². The van der Waals surface area contributed by atoms with Gasteiger partial charge in [-0.1, -0.05) is 13.3 Å². The molecule has 1 aromatic rings. The summed E-state index contributed by atoms with van der Waals surface area (Å²) in [6, 6.07) is 8.21. The molecule has 1 aromatic carbocycles. The molecule has 0 spiro atoms. The van der Waals surface area contributed by atoms with E-state index < -0.39 is 0 Å². The standard InChI is InChI=1S/C14H21NO/c1-11-4-3-5-14(10-11)16-13-8-6-12(15-2)7-9-13/h6-9,11,14-15H,3-5,10H2,1-2H3. The maximum atomic E-state index is 6.00. The van der Waals surface area contributed by atoms with Crippen LogP contribution in [0.5, 0.6) is 5.75 Å². The van der Waals surface area contributed by atoms with Crippen LogP contribution < -0.4 is 10.1 Å². The van der Waals surface area contributed by atoms with Crippen molar-refractivity contribution in [3.05, 3.63) is 24.3 Å². The van der Waals surface area contributed by atoms with Crippen molar-refractivity contribution < 1.29 is 4.74 Å². The molecule has 0 heterocycles. The van der Waals surface area contributed by atoms with Gasteiger partial charge in [-0.15, -0.1) is 0 Å². The first-order valence-electron chi connectivity index (χ1n) is 6.22. The molecule has 0 aliphatic heterocycles. The quantitative estimate of drug-likeness (QED) is 0.837. The lowest BCUT2D eigenvalue weighted by Crippen LogP contribution is -2.23. The summed E-state index contributed by atoms with van der Waals surface area (Å²) in [4.78, 5) is 0. The molecule has 88 valence electrons. The van der Waals surface area contributed by atoms with Crippen LogP contribution in [0.3, 0.4) is 0 Å². The normalized spacial score (nSPS) is 25.1. The summed E-state index contributed by atoms with van der Waals surface area (Å²) in [5.74, 6) is 1.81. The van der Waals surface area contributed by atoms with Gasteiger partial charge in [0.25, 0.3) is 0 Å². The SMILES string of the molecule is CNc1ccc(OC2CCCC(C)C2)cc1. The van der Waals surface area contributed by atoms with Crippen molar-refractivity contribution in [2.45, 2.75) is 38.7 Å². The van der Waals surface area contributed by atoms with E-state index in [0.29, 0.717) is 6.10 Å². The van der Waals surface area contributed by atoms with Gasteiger partial charge in [0.1, 0.15) is 5.75 Å². The fourth-order valence-corrected chi connectivity index (χ4v) is 2.38. The van der Waals surface area contributed by atoms with Crippen LogP contribution in [0, 0.1) is 5.92 Å². The molecule has 1 fully saturated rings. The van der Waals surface area contributed by atoms with Gasteiger partial charge in [-0.3, -0.25) is 0 Å². The second-order valence-electron chi connectivity index (χ2n) is 4.79. The van der Waals surface area contributed by atoms with Crippen molar-refractivity contribution in [1.82, 2.24) is 0 Å². The Labute approximate surface area is 98.0 Å². The molecule has 0 aromatic heterocycles. The molecule has 2 nitrogen and oxygen atoms in total. The maximum absolute atomic E-state index is 6.00. The van der Waals surface area contributed by atoms with Crippen molar-refractivity contribution in [2.24, 2.45) is 5.92 Å². The Balaban J connectivity index is 1.92. The van der Waals surface area contributed by atoms with E-state index in [4.69, 9.17) is 4.74 Å². The van der Waals surface area contributed by atoms with Crippen molar-refractivity contribution >= 4 is 5.69 Å². The second-order valence-corrected chi connectivity index (χ2v) is 4.79. The largest absolute Gasteiger partial charge is 0.490 e. The number of hydrogen-bond donors (Lipinski definition) is 1. The van der Waals surface area contributed by atoms with Crippen LogP contribution in [-0.2, 0) is 0 Å². The highest BCUT2D eigenvalue weighted by atomic mass is 16.5. The Kier molecular flexibility index (Phi) is 3.70. The Bertz CT molecular complexity index is 320. The molecule has 2 unspecified atom stereocenters. The molecular formula is C14H21NO. The highest BCUT2D eigenvalue weighted by Crippen LogP contribution is 2.27. The molecule has 2 atom stereocenters. The van der Waals surface area contributed by atoms with Crippen LogP contribution in [0.25, 0.3) is 0 Å². The van der Waals surface area contributed by atoms with Crippen LogP contribution >= 0.6 is 0 Å². The van der Waals surface area contributed by atoms with Crippen molar-refractivity contribution in [3.8, 4) is 5.75 Å². The first-order valence-corrected chi connectivity index (χ1v) is 6.22.